The van der Waals surface area contributed by atoms with E-state index in [4.69, 9.17) is 4.74 Å². The van der Waals surface area contributed by atoms with Gasteiger partial charge in [0.2, 0.25) is 0 Å². The number of anilines is 2. The molecule has 2 aromatic carbocycles. The van der Waals surface area contributed by atoms with E-state index in [9.17, 15) is 9.59 Å². The first-order chi connectivity index (χ1) is 13.6. The van der Waals surface area contributed by atoms with E-state index in [0.717, 1.165) is 17.8 Å². The molecule has 0 spiro atoms. The van der Waals surface area contributed by atoms with Gasteiger partial charge in [0.05, 0.1) is 6.54 Å². The van der Waals surface area contributed by atoms with E-state index in [1.807, 2.05) is 76.3 Å². The van der Waals surface area contributed by atoms with Gasteiger partial charge in [-0.25, -0.2) is 4.79 Å². The highest BCUT2D eigenvalue weighted by atomic mass is 16.6. The fraction of sp³-hybridized carbons (Fsp3) is 0.391. The van der Waals surface area contributed by atoms with Crippen LogP contribution in [0.25, 0.3) is 0 Å². The van der Waals surface area contributed by atoms with Crippen molar-refractivity contribution in [3.8, 4) is 0 Å². The van der Waals surface area contributed by atoms with Gasteiger partial charge in [0, 0.05) is 37.6 Å². The molecule has 0 aliphatic rings. The van der Waals surface area contributed by atoms with E-state index < -0.39 is 11.7 Å². The number of benzene rings is 2. The van der Waals surface area contributed by atoms with Crippen LogP contribution in [0.2, 0.25) is 0 Å². The van der Waals surface area contributed by atoms with Gasteiger partial charge in [-0.05, 0) is 63.6 Å². The van der Waals surface area contributed by atoms with Crippen LogP contribution in [-0.2, 0) is 11.3 Å². The van der Waals surface area contributed by atoms with Crippen molar-refractivity contribution >= 4 is 23.4 Å². The third-order valence-corrected chi connectivity index (χ3v) is 4.42. The number of nitrogens with zero attached hydrogens (tertiary/aromatic N) is 2. The van der Waals surface area contributed by atoms with Crippen molar-refractivity contribution in [2.45, 2.75) is 39.8 Å². The topological polar surface area (TPSA) is 61.9 Å². The highest BCUT2D eigenvalue weighted by molar-refractivity contribution is 6.04. The summed E-state index contributed by atoms with van der Waals surface area (Å²) in [5.74, 6) is -0.192. The molecule has 0 aliphatic carbocycles. The van der Waals surface area contributed by atoms with Crippen LogP contribution in [0.4, 0.5) is 16.2 Å². The van der Waals surface area contributed by atoms with Gasteiger partial charge in [0.25, 0.3) is 5.91 Å². The molecule has 0 heterocycles. The van der Waals surface area contributed by atoms with E-state index in [1.165, 1.54) is 4.90 Å². The Labute approximate surface area is 173 Å². The summed E-state index contributed by atoms with van der Waals surface area (Å²) in [7, 11) is 3.68. The summed E-state index contributed by atoms with van der Waals surface area (Å²) in [5, 5.41) is 2.95. The number of para-hydroxylation sites is 1. The molecular weight excluding hydrogens is 366 g/mol. The number of hydrogen-bond acceptors (Lipinski definition) is 4. The van der Waals surface area contributed by atoms with E-state index in [1.54, 1.807) is 7.05 Å². The number of amides is 2. The zero-order valence-electron chi connectivity index (χ0n) is 18.2. The predicted molar refractivity (Wildman–Crippen MR) is 117 cm³/mol. The van der Waals surface area contributed by atoms with Crippen LogP contribution in [0.3, 0.4) is 0 Å². The van der Waals surface area contributed by atoms with E-state index in [0.29, 0.717) is 17.8 Å². The van der Waals surface area contributed by atoms with Crippen molar-refractivity contribution in [3.05, 3.63) is 59.7 Å². The zero-order chi connectivity index (χ0) is 21.6. The Morgan fingerprint density at radius 2 is 1.62 bits per heavy atom. The molecule has 0 atom stereocenters. The second-order valence-corrected chi connectivity index (χ2v) is 8.01. The van der Waals surface area contributed by atoms with Crippen LogP contribution in [0.5, 0.6) is 0 Å². The Morgan fingerprint density at radius 1 is 1.00 bits per heavy atom. The second-order valence-electron chi connectivity index (χ2n) is 8.01. The lowest BCUT2D eigenvalue weighted by Crippen LogP contribution is -2.34. The fourth-order valence-electron chi connectivity index (χ4n) is 2.68. The largest absolute Gasteiger partial charge is 0.444 e. The third kappa shape index (κ3) is 6.52. The maximum Gasteiger partial charge on any atom is 0.410 e. The van der Waals surface area contributed by atoms with Gasteiger partial charge in [-0.2, -0.15) is 0 Å². The molecule has 0 aliphatic heterocycles. The standard InChI is InChI=1S/C23H31N3O3/c1-7-25(5)19-14-12-17(13-15-19)21(27)24-20-11-9-8-10-18(20)16-26(6)22(28)29-23(2,3)4/h8-15H,7,16H2,1-6H3,(H,24,27). The monoisotopic (exact) mass is 397 g/mol. The van der Waals surface area contributed by atoms with Crippen molar-refractivity contribution < 1.29 is 14.3 Å². The SMILES string of the molecule is CCN(C)c1ccc(C(=O)Nc2ccccc2CN(C)C(=O)OC(C)(C)C)cc1. The van der Waals surface area contributed by atoms with Crippen molar-refractivity contribution in [3.63, 3.8) is 0 Å². The lowest BCUT2D eigenvalue weighted by atomic mass is 10.1. The number of carbonyl (C=O) groups excluding carboxylic acids is 2. The van der Waals surface area contributed by atoms with E-state index in [2.05, 4.69) is 17.1 Å². The fourth-order valence-corrected chi connectivity index (χ4v) is 2.68. The number of hydrogen-bond donors (Lipinski definition) is 1. The Morgan fingerprint density at radius 3 is 2.21 bits per heavy atom. The maximum absolute atomic E-state index is 12.7. The van der Waals surface area contributed by atoms with Crippen LogP contribution < -0.4 is 10.2 Å². The van der Waals surface area contributed by atoms with Crippen LogP contribution in [0, 0.1) is 0 Å². The van der Waals surface area contributed by atoms with E-state index >= 15 is 0 Å². The number of nitrogens with one attached hydrogen (secondary N) is 1. The summed E-state index contributed by atoms with van der Waals surface area (Å²) in [6.45, 7) is 8.78. The predicted octanol–water partition coefficient (Wildman–Crippen LogP) is 4.76. The molecule has 2 rings (SSSR count). The second kappa shape index (κ2) is 9.45. The molecule has 2 amide bonds. The molecule has 6 nitrogen and oxygen atoms in total. The van der Waals surface area contributed by atoms with Gasteiger partial charge in [-0.3, -0.25) is 4.79 Å². The first kappa shape index (κ1) is 22.3. The summed E-state index contributed by atoms with van der Waals surface area (Å²) in [5.41, 5.74) is 2.58. The summed E-state index contributed by atoms with van der Waals surface area (Å²) in [6.07, 6.45) is -0.408. The summed E-state index contributed by atoms with van der Waals surface area (Å²) in [4.78, 5) is 28.5. The Hall–Kier alpha value is -3.02. The molecular formula is C23H31N3O3. The molecule has 0 saturated heterocycles. The van der Waals surface area contributed by atoms with Crippen LogP contribution >= 0.6 is 0 Å². The molecule has 0 radical (unpaired) electrons. The molecule has 2 aromatic rings. The molecule has 156 valence electrons. The lowest BCUT2D eigenvalue weighted by molar-refractivity contribution is 0.0285. The highest BCUT2D eigenvalue weighted by Crippen LogP contribution is 2.20. The number of rotatable bonds is 6. The normalized spacial score (nSPS) is 11.0. The maximum atomic E-state index is 12.7. The van der Waals surface area contributed by atoms with Crippen LogP contribution in [0.15, 0.2) is 48.5 Å². The molecule has 0 unspecified atom stereocenters. The quantitative estimate of drug-likeness (QED) is 0.763. The minimum atomic E-state index is -0.558. The van der Waals surface area contributed by atoms with Crippen molar-refractivity contribution in [2.75, 3.05) is 30.9 Å². The average Bonchev–Trinajstić information content (AvgIpc) is 2.67. The highest BCUT2D eigenvalue weighted by Gasteiger charge is 2.20. The first-order valence-corrected chi connectivity index (χ1v) is 9.75. The van der Waals surface area contributed by atoms with Crippen LogP contribution in [0.1, 0.15) is 43.6 Å². The number of carbonyl (C=O) groups is 2. The molecule has 1 N–H and O–H groups in total. The van der Waals surface area contributed by atoms with Crippen molar-refractivity contribution in [2.24, 2.45) is 0 Å². The van der Waals surface area contributed by atoms with Gasteiger partial charge in [-0.15, -0.1) is 0 Å². The third-order valence-electron chi connectivity index (χ3n) is 4.42. The summed E-state index contributed by atoms with van der Waals surface area (Å²) >= 11 is 0. The zero-order valence-corrected chi connectivity index (χ0v) is 18.2. The number of ether oxygens (including phenoxy) is 1. The Balaban J connectivity index is 2.10. The van der Waals surface area contributed by atoms with Gasteiger partial charge in [0.15, 0.2) is 0 Å². The molecule has 0 fully saturated rings. The molecule has 0 aromatic heterocycles. The van der Waals surface area contributed by atoms with Gasteiger partial charge < -0.3 is 19.9 Å². The van der Waals surface area contributed by atoms with Gasteiger partial charge in [0.1, 0.15) is 5.60 Å². The first-order valence-electron chi connectivity index (χ1n) is 9.75. The van der Waals surface area contributed by atoms with Crippen molar-refractivity contribution in [1.29, 1.82) is 0 Å². The van der Waals surface area contributed by atoms with Crippen LogP contribution in [-0.4, -0.2) is 43.1 Å². The molecule has 0 bridgehead atoms. The smallest absolute Gasteiger partial charge is 0.410 e. The van der Waals surface area contributed by atoms with Gasteiger partial charge >= 0.3 is 6.09 Å². The van der Waals surface area contributed by atoms with Gasteiger partial charge in [-0.1, -0.05) is 18.2 Å². The lowest BCUT2D eigenvalue weighted by Gasteiger charge is -2.25. The molecule has 0 saturated carbocycles. The van der Waals surface area contributed by atoms with E-state index in [-0.39, 0.29) is 5.91 Å². The Kier molecular flexibility index (Phi) is 7.26. The Bertz CT molecular complexity index is 841. The average molecular weight is 398 g/mol. The molecule has 29 heavy (non-hydrogen) atoms. The minimum Gasteiger partial charge on any atom is -0.444 e. The minimum absolute atomic E-state index is 0.192. The molecule has 6 heteroatoms. The summed E-state index contributed by atoms with van der Waals surface area (Å²) < 4.78 is 5.40. The summed E-state index contributed by atoms with van der Waals surface area (Å²) in [6, 6.07) is 14.9. The van der Waals surface area contributed by atoms with Crippen molar-refractivity contribution in [1.82, 2.24) is 4.90 Å².